The van der Waals surface area contributed by atoms with Gasteiger partial charge in [0, 0.05) is 0 Å². The molecule has 2 aliphatic rings. The van der Waals surface area contributed by atoms with Crippen LogP contribution in [-0.2, 0) is 0 Å². The molecule has 0 aromatic heterocycles. The second kappa shape index (κ2) is 5.62. The molecule has 2 fully saturated rings. The maximum Gasteiger partial charge on any atom is 0.126 e. The zero-order valence-corrected chi connectivity index (χ0v) is 11.8. The summed E-state index contributed by atoms with van der Waals surface area (Å²) in [4.78, 5) is 0. The quantitative estimate of drug-likeness (QED) is 0.848. The lowest BCUT2D eigenvalue weighted by Gasteiger charge is -2.36. The Morgan fingerprint density at radius 3 is 2.68 bits per heavy atom. The van der Waals surface area contributed by atoms with E-state index in [1.54, 1.807) is 6.07 Å². The fourth-order valence-electron chi connectivity index (χ4n) is 4.02. The topological polar surface area (TPSA) is 12.0 Å². The summed E-state index contributed by atoms with van der Waals surface area (Å²) < 4.78 is 13.8. The largest absolute Gasteiger partial charge is 0.316 e. The highest BCUT2D eigenvalue weighted by atomic mass is 19.1. The van der Waals surface area contributed by atoms with E-state index in [1.807, 2.05) is 13.0 Å². The molecule has 0 amide bonds. The molecular formula is C17H24FN. The van der Waals surface area contributed by atoms with E-state index >= 15 is 0 Å². The van der Waals surface area contributed by atoms with Crippen LogP contribution in [0.1, 0.15) is 49.1 Å². The average molecular weight is 261 g/mol. The van der Waals surface area contributed by atoms with Crippen LogP contribution in [0.4, 0.5) is 4.39 Å². The van der Waals surface area contributed by atoms with Gasteiger partial charge in [0.25, 0.3) is 0 Å². The Morgan fingerprint density at radius 2 is 1.95 bits per heavy atom. The Balaban J connectivity index is 1.84. The first-order chi connectivity index (χ1) is 9.25. The second-order valence-electron chi connectivity index (χ2n) is 6.32. The predicted octanol–water partition coefficient (Wildman–Crippen LogP) is 4.02. The van der Waals surface area contributed by atoms with Crippen molar-refractivity contribution in [3.05, 3.63) is 35.1 Å². The molecule has 1 saturated carbocycles. The smallest absolute Gasteiger partial charge is 0.126 e. The first-order valence-corrected chi connectivity index (χ1v) is 7.72. The summed E-state index contributed by atoms with van der Waals surface area (Å²) in [6.07, 6.45) is 6.67. The predicted molar refractivity (Wildman–Crippen MR) is 76.8 cm³/mol. The van der Waals surface area contributed by atoms with Crippen LogP contribution in [0.2, 0.25) is 0 Å². The monoisotopic (exact) mass is 261 g/mol. The van der Waals surface area contributed by atoms with Crippen molar-refractivity contribution < 1.29 is 4.39 Å². The zero-order chi connectivity index (χ0) is 13.2. The van der Waals surface area contributed by atoms with Crippen molar-refractivity contribution in [1.29, 1.82) is 0 Å². The lowest BCUT2D eigenvalue weighted by atomic mass is 9.73. The third-order valence-corrected chi connectivity index (χ3v) is 5.16. The standard InChI is InChI=1S/C17H24FN/c1-12-6-7-14(10-17(12)18)15-8-9-19-11-16(15)13-4-2-3-5-13/h6-7,10,13,15-16,19H,2-5,8-9,11H2,1H3. The molecule has 104 valence electrons. The second-order valence-corrected chi connectivity index (χ2v) is 6.32. The number of halogens is 1. The molecule has 1 aromatic carbocycles. The Hall–Kier alpha value is -0.890. The summed E-state index contributed by atoms with van der Waals surface area (Å²) >= 11 is 0. The lowest BCUT2D eigenvalue weighted by molar-refractivity contribution is 0.231. The molecule has 2 heteroatoms. The summed E-state index contributed by atoms with van der Waals surface area (Å²) in [5, 5.41) is 3.54. The number of aryl methyl sites for hydroxylation is 1. The van der Waals surface area contributed by atoms with Gasteiger partial charge in [0.2, 0.25) is 0 Å². The normalized spacial score (nSPS) is 28.7. The lowest BCUT2D eigenvalue weighted by Crippen LogP contribution is -2.38. The summed E-state index contributed by atoms with van der Waals surface area (Å²) in [5.41, 5.74) is 1.98. The fourth-order valence-corrected chi connectivity index (χ4v) is 4.02. The van der Waals surface area contributed by atoms with Gasteiger partial charge in [0.1, 0.15) is 5.82 Å². The molecule has 19 heavy (non-hydrogen) atoms. The van der Waals surface area contributed by atoms with Gasteiger partial charge >= 0.3 is 0 Å². The van der Waals surface area contributed by atoms with Gasteiger partial charge in [0.05, 0.1) is 0 Å². The number of hydrogen-bond acceptors (Lipinski definition) is 1. The first kappa shape index (κ1) is 13.1. The molecule has 1 nitrogen and oxygen atoms in total. The molecule has 1 N–H and O–H groups in total. The van der Waals surface area contributed by atoms with Crippen LogP contribution in [0.25, 0.3) is 0 Å². The van der Waals surface area contributed by atoms with Gasteiger partial charge in [-0.1, -0.05) is 37.8 Å². The molecule has 2 unspecified atom stereocenters. The Kier molecular flexibility index (Phi) is 3.88. The minimum absolute atomic E-state index is 0.0406. The number of benzene rings is 1. The van der Waals surface area contributed by atoms with Gasteiger partial charge in [0.15, 0.2) is 0 Å². The van der Waals surface area contributed by atoms with Crippen LogP contribution in [0.3, 0.4) is 0 Å². The molecule has 0 spiro atoms. The Morgan fingerprint density at radius 1 is 1.16 bits per heavy atom. The van der Waals surface area contributed by atoms with E-state index in [-0.39, 0.29) is 5.82 Å². The van der Waals surface area contributed by atoms with Crippen molar-refractivity contribution in [1.82, 2.24) is 5.32 Å². The Labute approximate surface area is 115 Å². The van der Waals surface area contributed by atoms with Gasteiger partial charge < -0.3 is 5.32 Å². The van der Waals surface area contributed by atoms with Gasteiger partial charge in [-0.2, -0.15) is 0 Å². The summed E-state index contributed by atoms with van der Waals surface area (Å²) in [5.74, 6) is 2.07. The van der Waals surface area contributed by atoms with Gasteiger partial charge in [-0.25, -0.2) is 4.39 Å². The highest BCUT2D eigenvalue weighted by molar-refractivity contribution is 5.27. The molecular weight excluding hydrogens is 237 g/mol. The maximum atomic E-state index is 13.8. The van der Waals surface area contributed by atoms with Crippen LogP contribution in [-0.4, -0.2) is 13.1 Å². The van der Waals surface area contributed by atoms with Crippen LogP contribution in [0.5, 0.6) is 0 Å². The molecule has 1 saturated heterocycles. The number of rotatable bonds is 2. The van der Waals surface area contributed by atoms with Crippen LogP contribution < -0.4 is 5.32 Å². The van der Waals surface area contributed by atoms with E-state index < -0.39 is 0 Å². The van der Waals surface area contributed by atoms with Crippen molar-refractivity contribution in [2.24, 2.45) is 11.8 Å². The molecule has 1 aliphatic carbocycles. The van der Waals surface area contributed by atoms with Crippen LogP contribution in [0, 0.1) is 24.6 Å². The molecule has 2 atom stereocenters. The van der Waals surface area contributed by atoms with Crippen molar-refractivity contribution in [3.63, 3.8) is 0 Å². The molecule has 1 aromatic rings. The van der Waals surface area contributed by atoms with E-state index in [9.17, 15) is 4.39 Å². The van der Waals surface area contributed by atoms with Crippen molar-refractivity contribution in [2.45, 2.75) is 44.9 Å². The van der Waals surface area contributed by atoms with Gasteiger partial charge in [-0.15, -0.1) is 0 Å². The van der Waals surface area contributed by atoms with Gasteiger partial charge in [-0.3, -0.25) is 0 Å². The molecule has 0 radical (unpaired) electrons. The number of piperidine rings is 1. The average Bonchev–Trinajstić information content (AvgIpc) is 2.96. The van der Waals surface area contributed by atoms with E-state index in [0.717, 1.165) is 31.0 Å². The molecule has 1 heterocycles. The minimum Gasteiger partial charge on any atom is -0.316 e. The SMILES string of the molecule is Cc1ccc(C2CCNCC2C2CCCC2)cc1F. The van der Waals surface area contributed by atoms with Crippen molar-refractivity contribution >= 4 is 0 Å². The van der Waals surface area contributed by atoms with Crippen molar-refractivity contribution in [3.8, 4) is 0 Å². The van der Waals surface area contributed by atoms with E-state index in [2.05, 4.69) is 11.4 Å². The van der Waals surface area contributed by atoms with E-state index in [1.165, 1.54) is 31.2 Å². The summed E-state index contributed by atoms with van der Waals surface area (Å²) in [6.45, 7) is 4.03. The Bertz CT molecular complexity index is 437. The van der Waals surface area contributed by atoms with Crippen molar-refractivity contribution in [2.75, 3.05) is 13.1 Å². The highest BCUT2D eigenvalue weighted by Gasteiger charge is 2.34. The molecule has 0 bridgehead atoms. The van der Waals surface area contributed by atoms with Gasteiger partial charge in [-0.05, 0) is 61.4 Å². The minimum atomic E-state index is -0.0406. The fraction of sp³-hybridized carbons (Fsp3) is 0.647. The maximum absolute atomic E-state index is 13.8. The summed E-state index contributed by atoms with van der Waals surface area (Å²) in [7, 11) is 0. The third kappa shape index (κ3) is 2.69. The van der Waals surface area contributed by atoms with E-state index in [4.69, 9.17) is 0 Å². The molecule has 3 rings (SSSR count). The first-order valence-electron chi connectivity index (χ1n) is 7.72. The zero-order valence-electron chi connectivity index (χ0n) is 11.8. The third-order valence-electron chi connectivity index (χ3n) is 5.16. The van der Waals surface area contributed by atoms with Crippen LogP contribution in [0.15, 0.2) is 18.2 Å². The number of hydrogen-bond donors (Lipinski definition) is 1. The number of nitrogens with one attached hydrogen (secondary N) is 1. The molecule has 1 aliphatic heterocycles. The van der Waals surface area contributed by atoms with E-state index in [0.29, 0.717) is 11.8 Å². The summed E-state index contributed by atoms with van der Waals surface area (Å²) in [6, 6.07) is 5.88. The highest BCUT2D eigenvalue weighted by Crippen LogP contribution is 2.42. The van der Waals surface area contributed by atoms with Crippen LogP contribution >= 0.6 is 0 Å².